The van der Waals surface area contributed by atoms with Gasteiger partial charge in [0.15, 0.2) is 10.9 Å². The highest BCUT2D eigenvalue weighted by Crippen LogP contribution is 2.24. The van der Waals surface area contributed by atoms with Crippen LogP contribution in [0.25, 0.3) is 11.6 Å². The van der Waals surface area contributed by atoms with Crippen LogP contribution in [0.5, 0.6) is 0 Å². The highest BCUT2D eigenvalue weighted by atomic mass is 32.2. The number of amides is 1. The molecular weight excluding hydrogens is 328 g/mol. The quantitative estimate of drug-likeness (QED) is 0.499. The van der Waals surface area contributed by atoms with E-state index in [-0.39, 0.29) is 11.7 Å². The summed E-state index contributed by atoms with van der Waals surface area (Å²) in [6.45, 7) is 4.64. The first kappa shape index (κ1) is 16.1. The third kappa shape index (κ3) is 3.77. The molecule has 24 heavy (non-hydrogen) atoms. The molecule has 1 N–H and O–H groups in total. The molecule has 0 fully saturated rings. The molecule has 8 heteroatoms. The summed E-state index contributed by atoms with van der Waals surface area (Å²) in [6, 6.07) is 7.19. The summed E-state index contributed by atoms with van der Waals surface area (Å²) in [5, 5.41) is 11.7. The smallest absolute Gasteiger partial charge is 0.230 e. The van der Waals surface area contributed by atoms with Crippen LogP contribution in [0, 0.1) is 0 Å². The molecule has 0 aliphatic rings. The normalized spacial score (nSPS) is 10.7. The lowest BCUT2D eigenvalue weighted by atomic mass is 10.4. The number of nitrogens with zero attached hydrogens (tertiary/aromatic N) is 3. The molecule has 3 aromatic rings. The maximum Gasteiger partial charge on any atom is 0.230 e. The number of carbonyl (C=O) groups is 1. The molecule has 1 amide bonds. The van der Waals surface area contributed by atoms with Crippen molar-refractivity contribution in [2.75, 3.05) is 5.75 Å². The van der Waals surface area contributed by atoms with Gasteiger partial charge in [0.25, 0.3) is 0 Å². The summed E-state index contributed by atoms with van der Waals surface area (Å²) in [5.74, 6) is 2.07. The van der Waals surface area contributed by atoms with Gasteiger partial charge in [0.2, 0.25) is 11.7 Å². The number of furan rings is 2. The monoisotopic (exact) mass is 344 g/mol. The lowest BCUT2D eigenvalue weighted by Gasteiger charge is -2.06. The van der Waals surface area contributed by atoms with Crippen LogP contribution >= 0.6 is 11.8 Å². The molecule has 0 saturated heterocycles. The fourth-order valence-corrected chi connectivity index (χ4v) is 2.83. The number of allylic oxidation sites excluding steroid dienone is 1. The minimum absolute atomic E-state index is 0.107. The van der Waals surface area contributed by atoms with E-state index in [0.29, 0.717) is 35.6 Å². The third-order valence-corrected chi connectivity index (χ3v) is 4.11. The Kier molecular flexibility index (Phi) is 5.17. The van der Waals surface area contributed by atoms with Gasteiger partial charge < -0.3 is 14.2 Å². The van der Waals surface area contributed by atoms with Crippen LogP contribution in [-0.2, 0) is 17.9 Å². The second-order valence-electron chi connectivity index (χ2n) is 4.83. The lowest BCUT2D eigenvalue weighted by Crippen LogP contribution is -2.24. The van der Waals surface area contributed by atoms with E-state index >= 15 is 0 Å². The first-order valence-corrected chi connectivity index (χ1v) is 8.26. The first-order chi connectivity index (χ1) is 11.8. The van der Waals surface area contributed by atoms with Crippen molar-refractivity contribution in [2.24, 2.45) is 0 Å². The van der Waals surface area contributed by atoms with E-state index in [1.807, 2.05) is 16.7 Å². The summed E-state index contributed by atoms with van der Waals surface area (Å²) in [5.41, 5.74) is 0. The Morgan fingerprint density at radius 1 is 1.29 bits per heavy atom. The maximum absolute atomic E-state index is 11.9. The summed E-state index contributed by atoms with van der Waals surface area (Å²) in [6.07, 6.45) is 4.90. The minimum atomic E-state index is -0.107. The van der Waals surface area contributed by atoms with Gasteiger partial charge >= 0.3 is 0 Å². The summed E-state index contributed by atoms with van der Waals surface area (Å²) in [4.78, 5) is 11.9. The number of carbonyl (C=O) groups excluding carboxylic acids is 1. The molecule has 0 aliphatic heterocycles. The number of hydrogen-bond acceptors (Lipinski definition) is 6. The van der Waals surface area contributed by atoms with Crippen molar-refractivity contribution in [3.63, 3.8) is 0 Å². The van der Waals surface area contributed by atoms with Gasteiger partial charge in [-0.3, -0.25) is 9.36 Å². The summed E-state index contributed by atoms with van der Waals surface area (Å²) < 4.78 is 12.4. The number of thioether (sulfide) groups is 1. The predicted molar refractivity (Wildman–Crippen MR) is 89.2 cm³/mol. The van der Waals surface area contributed by atoms with Gasteiger partial charge in [-0.2, -0.15) is 0 Å². The highest BCUT2D eigenvalue weighted by molar-refractivity contribution is 7.99. The van der Waals surface area contributed by atoms with Gasteiger partial charge in [-0.25, -0.2) is 0 Å². The van der Waals surface area contributed by atoms with Crippen molar-refractivity contribution in [1.29, 1.82) is 0 Å². The summed E-state index contributed by atoms with van der Waals surface area (Å²) >= 11 is 1.31. The molecule has 0 spiro atoms. The van der Waals surface area contributed by atoms with E-state index in [0.717, 1.165) is 0 Å². The van der Waals surface area contributed by atoms with Crippen molar-refractivity contribution in [3.8, 4) is 11.6 Å². The SMILES string of the molecule is C=CCn1c(SCC(=O)NCc2ccco2)nnc1-c1ccco1. The van der Waals surface area contributed by atoms with E-state index in [1.54, 1.807) is 30.7 Å². The molecule has 0 unspecified atom stereocenters. The van der Waals surface area contributed by atoms with Crippen LogP contribution in [0.4, 0.5) is 0 Å². The van der Waals surface area contributed by atoms with Crippen LogP contribution in [0.1, 0.15) is 5.76 Å². The Morgan fingerprint density at radius 2 is 2.12 bits per heavy atom. The molecule has 0 aliphatic carbocycles. The fourth-order valence-electron chi connectivity index (χ4n) is 2.06. The molecule has 7 nitrogen and oxygen atoms in total. The molecular formula is C16H16N4O3S. The van der Waals surface area contributed by atoms with E-state index in [4.69, 9.17) is 8.83 Å². The fraction of sp³-hybridized carbons (Fsp3) is 0.188. The second kappa shape index (κ2) is 7.69. The predicted octanol–water partition coefficient (Wildman–Crippen LogP) is 2.73. The molecule has 0 radical (unpaired) electrons. The maximum atomic E-state index is 11.9. The first-order valence-electron chi connectivity index (χ1n) is 7.28. The largest absolute Gasteiger partial charge is 0.467 e. The molecule has 3 rings (SSSR count). The van der Waals surface area contributed by atoms with Gasteiger partial charge in [0, 0.05) is 6.54 Å². The van der Waals surface area contributed by atoms with Crippen molar-refractivity contribution < 1.29 is 13.6 Å². The van der Waals surface area contributed by atoms with Crippen molar-refractivity contribution >= 4 is 17.7 Å². The topological polar surface area (TPSA) is 86.1 Å². The molecule has 0 saturated carbocycles. The summed E-state index contributed by atoms with van der Waals surface area (Å²) in [7, 11) is 0. The molecule has 3 aromatic heterocycles. The van der Waals surface area contributed by atoms with Crippen molar-refractivity contribution in [3.05, 3.63) is 55.2 Å². The van der Waals surface area contributed by atoms with Gasteiger partial charge in [0.05, 0.1) is 24.8 Å². The van der Waals surface area contributed by atoms with Crippen LogP contribution in [-0.4, -0.2) is 26.4 Å². The Bertz CT molecular complexity index is 794. The van der Waals surface area contributed by atoms with Gasteiger partial charge in [-0.15, -0.1) is 16.8 Å². The van der Waals surface area contributed by atoms with Gasteiger partial charge in [-0.05, 0) is 24.3 Å². The van der Waals surface area contributed by atoms with Crippen LogP contribution < -0.4 is 5.32 Å². The van der Waals surface area contributed by atoms with E-state index in [9.17, 15) is 4.79 Å². The third-order valence-electron chi connectivity index (χ3n) is 3.14. The van der Waals surface area contributed by atoms with Crippen molar-refractivity contribution in [1.82, 2.24) is 20.1 Å². The molecule has 0 atom stereocenters. The van der Waals surface area contributed by atoms with Gasteiger partial charge in [0.1, 0.15) is 5.76 Å². The Balaban J connectivity index is 1.62. The van der Waals surface area contributed by atoms with E-state index in [2.05, 4.69) is 22.1 Å². The van der Waals surface area contributed by atoms with E-state index in [1.165, 1.54) is 11.8 Å². The number of rotatable bonds is 8. The average Bonchev–Trinajstić information content (AvgIpc) is 3.32. The number of nitrogens with one attached hydrogen (secondary N) is 1. The zero-order chi connectivity index (χ0) is 16.8. The van der Waals surface area contributed by atoms with E-state index < -0.39 is 0 Å². The molecule has 124 valence electrons. The molecule has 0 aromatic carbocycles. The van der Waals surface area contributed by atoms with Crippen molar-refractivity contribution in [2.45, 2.75) is 18.2 Å². The Morgan fingerprint density at radius 3 is 2.83 bits per heavy atom. The van der Waals surface area contributed by atoms with Crippen LogP contribution in [0.2, 0.25) is 0 Å². The highest BCUT2D eigenvalue weighted by Gasteiger charge is 2.16. The number of hydrogen-bond donors (Lipinski definition) is 1. The Hall–Kier alpha value is -2.74. The molecule has 0 bridgehead atoms. The van der Waals surface area contributed by atoms with Crippen LogP contribution in [0.15, 0.2) is 63.4 Å². The second-order valence-corrected chi connectivity index (χ2v) is 5.77. The Labute approximate surface area is 142 Å². The zero-order valence-electron chi connectivity index (χ0n) is 12.8. The molecule has 3 heterocycles. The average molecular weight is 344 g/mol. The lowest BCUT2D eigenvalue weighted by molar-refractivity contribution is -0.118. The zero-order valence-corrected chi connectivity index (χ0v) is 13.7. The number of aromatic nitrogens is 3. The van der Waals surface area contributed by atoms with Crippen LogP contribution in [0.3, 0.4) is 0 Å². The van der Waals surface area contributed by atoms with Gasteiger partial charge in [-0.1, -0.05) is 17.8 Å². The standard InChI is InChI=1S/C16H16N4O3S/c1-2-7-20-15(13-6-4-9-23-13)18-19-16(20)24-11-14(21)17-10-12-5-3-8-22-12/h2-6,8-9H,1,7,10-11H2,(H,17,21). The minimum Gasteiger partial charge on any atom is -0.467 e.